The first-order valence-electron chi connectivity index (χ1n) is 11.6. The zero-order valence-corrected chi connectivity index (χ0v) is 19.3. The molecule has 1 atom stereocenters. The van der Waals surface area contributed by atoms with E-state index < -0.39 is 17.4 Å². The second-order valence-electron chi connectivity index (χ2n) is 8.51. The first-order chi connectivity index (χ1) is 16.4. The van der Waals surface area contributed by atoms with Gasteiger partial charge in [0.1, 0.15) is 5.82 Å². The minimum atomic E-state index is -0.950. The summed E-state index contributed by atoms with van der Waals surface area (Å²) in [6.45, 7) is 5.19. The van der Waals surface area contributed by atoms with Gasteiger partial charge in [0, 0.05) is 25.2 Å². The van der Waals surface area contributed by atoms with Crippen molar-refractivity contribution in [2.75, 3.05) is 35.2 Å². The van der Waals surface area contributed by atoms with Gasteiger partial charge in [-0.05, 0) is 43.9 Å². The van der Waals surface area contributed by atoms with Crippen LogP contribution in [0.5, 0.6) is 0 Å². The fourth-order valence-electron chi connectivity index (χ4n) is 4.37. The van der Waals surface area contributed by atoms with Crippen molar-refractivity contribution in [1.82, 2.24) is 9.97 Å². The van der Waals surface area contributed by atoms with Crippen LogP contribution < -0.4 is 21.1 Å². The maximum atomic E-state index is 13.0. The lowest BCUT2D eigenvalue weighted by Gasteiger charge is -2.32. The van der Waals surface area contributed by atoms with Crippen molar-refractivity contribution in [3.8, 4) is 0 Å². The van der Waals surface area contributed by atoms with Crippen molar-refractivity contribution in [1.29, 1.82) is 0 Å². The molecule has 4 rings (SSSR count). The summed E-state index contributed by atoms with van der Waals surface area (Å²) < 4.78 is 5.10. The molecule has 0 saturated carbocycles. The summed E-state index contributed by atoms with van der Waals surface area (Å²) in [5.41, 5.74) is 1.42. The van der Waals surface area contributed by atoms with Gasteiger partial charge in [-0.1, -0.05) is 19.1 Å². The molecule has 2 aromatic rings. The molecule has 0 bridgehead atoms. The number of benzene rings is 1. The fraction of sp³-hybridized carbons (Fsp3) is 0.458. The van der Waals surface area contributed by atoms with Gasteiger partial charge in [-0.2, -0.15) is 4.98 Å². The average molecular weight is 468 g/mol. The lowest BCUT2D eigenvalue weighted by Crippen LogP contribution is -2.41. The molecule has 1 saturated heterocycles. The molecule has 3 heterocycles. The van der Waals surface area contributed by atoms with Crippen LogP contribution in [0.1, 0.15) is 50.2 Å². The summed E-state index contributed by atoms with van der Waals surface area (Å²) >= 11 is 0. The Morgan fingerprint density at radius 1 is 1.15 bits per heavy atom. The summed E-state index contributed by atoms with van der Waals surface area (Å²) in [5, 5.41) is 5.44. The summed E-state index contributed by atoms with van der Waals surface area (Å²) in [5.74, 6) is -1.74. The van der Waals surface area contributed by atoms with Crippen molar-refractivity contribution in [3.05, 3.63) is 45.7 Å². The van der Waals surface area contributed by atoms with E-state index in [0.29, 0.717) is 44.2 Å². The smallest absolute Gasteiger partial charge is 0.309 e. The molecule has 0 aliphatic carbocycles. The number of H-pyrrole nitrogens is 1. The zero-order chi connectivity index (χ0) is 24.2. The number of piperidine rings is 1. The maximum Gasteiger partial charge on any atom is 0.309 e. The molecule has 1 aromatic heterocycles. The highest BCUT2D eigenvalue weighted by Gasteiger charge is 2.36. The van der Waals surface area contributed by atoms with Crippen LogP contribution in [0.4, 0.5) is 17.5 Å². The molecule has 2 aliphatic rings. The number of fused-ring (bicyclic) bond motifs is 1. The van der Waals surface area contributed by atoms with Gasteiger partial charge in [-0.3, -0.25) is 24.2 Å². The van der Waals surface area contributed by atoms with E-state index in [1.54, 1.807) is 19.1 Å². The number of nitrogens with one attached hydrogen (secondary N) is 3. The van der Waals surface area contributed by atoms with Crippen molar-refractivity contribution in [3.63, 3.8) is 0 Å². The quantitative estimate of drug-likeness (QED) is 0.555. The average Bonchev–Trinajstić information content (AvgIpc) is 2.84. The summed E-state index contributed by atoms with van der Waals surface area (Å²) in [7, 11) is 0. The third-order valence-electron chi connectivity index (χ3n) is 6.30. The number of aromatic amines is 1. The molecular weight excluding hydrogens is 438 g/mol. The zero-order valence-electron chi connectivity index (χ0n) is 19.3. The van der Waals surface area contributed by atoms with Gasteiger partial charge in [0.15, 0.2) is 0 Å². The van der Waals surface area contributed by atoms with Gasteiger partial charge in [-0.25, -0.2) is 0 Å². The van der Waals surface area contributed by atoms with Gasteiger partial charge in [-0.15, -0.1) is 0 Å². The number of anilines is 3. The predicted octanol–water partition coefficient (Wildman–Crippen LogP) is 2.18. The Labute approximate surface area is 197 Å². The molecule has 2 amide bonds. The third-order valence-corrected chi connectivity index (χ3v) is 6.30. The van der Waals surface area contributed by atoms with Gasteiger partial charge in [0.2, 0.25) is 17.8 Å². The normalized spacial score (nSPS) is 18.1. The molecule has 1 fully saturated rings. The van der Waals surface area contributed by atoms with E-state index in [4.69, 9.17) is 4.74 Å². The SMILES string of the molecule is CCOC(=O)C1CCN(c2nc3c(c(=O)[nH]2)[C@H](C(=O)Nc2ccc(CC)cc2)CC(=O)N3)CC1. The minimum Gasteiger partial charge on any atom is -0.466 e. The predicted molar refractivity (Wildman–Crippen MR) is 127 cm³/mol. The van der Waals surface area contributed by atoms with E-state index in [9.17, 15) is 19.2 Å². The number of nitrogens with zero attached hydrogens (tertiary/aromatic N) is 2. The molecule has 10 heteroatoms. The maximum absolute atomic E-state index is 13.0. The monoisotopic (exact) mass is 467 g/mol. The number of carbonyl (C=O) groups is 3. The molecule has 34 heavy (non-hydrogen) atoms. The molecule has 0 radical (unpaired) electrons. The number of aromatic nitrogens is 2. The number of esters is 1. The van der Waals surface area contributed by atoms with Crippen LogP contribution in [0.3, 0.4) is 0 Å². The van der Waals surface area contributed by atoms with Gasteiger partial charge in [0.05, 0.1) is 24.0 Å². The topological polar surface area (TPSA) is 133 Å². The third kappa shape index (κ3) is 4.95. The Morgan fingerprint density at radius 3 is 2.50 bits per heavy atom. The van der Waals surface area contributed by atoms with Crippen molar-refractivity contribution >= 4 is 35.2 Å². The highest BCUT2D eigenvalue weighted by atomic mass is 16.5. The number of hydrogen-bond donors (Lipinski definition) is 3. The summed E-state index contributed by atoms with van der Waals surface area (Å²) in [4.78, 5) is 59.4. The molecule has 0 unspecified atom stereocenters. The van der Waals surface area contributed by atoms with Crippen molar-refractivity contribution in [2.45, 2.75) is 45.4 Å². The molecule has 1 aromatic carbocycles. The van der Waals surface area contributed by atoms with Crippen LogP contribution in [0, 0.1) is 5.92 Å². The Hall–Kier alpha value is -3.69. The number of ether oxygens (including phenoxy) is 1. The Morgan fingerprint density at radius 2 is 1.85 bits per heavy atom. The summed E-state index contributed by atoms with van der Waals surface area (Å²) in [6.07, 6.45) is 1.90. The van der Waals surface area contributed by atoms with Crippen LogP contribution in [0.25, 0.3) is 0 Å². The van der Waals surface area contributed by atoms with E-state index >= 15 is 0 Å². The molecular formula is C24H29N5O5. The first-order valence-corrected chi connectivity index (χ1v) is 11.6. The van der Waals surface area contributed by atoms with Crippen LogP contribution >= 0.6 is 0 Å². The summed E-state index contributed by atoms with van der Waals surface area (Å²) in [6, 6.07) is 7.43. The number of amides is 2. The first kappa shape index (κ1) is 23.5. The van der Waals surface area contributed by atoms with Crippen LogP contribution in [-0.2, 0) is 25.5 Å². The molecule has 0 spiro atoms. The van der Waals surface area contributed by atoms with Crippen LogP contribution in [0.2, 0.25) is 0 Å². The fourth-order valence-corrected chi connectivity index (χ4v) is 4.37. The van der Waals surface area contributed by atoms with E-state index in [2.05, 4.69) is 20.6 Å². The standard InChI is InChI=1S/C24H29N5O5/c1-3-14-5-7-16(8-6-14)25-21(31)17-13-18(30)26-20-19(17)22(32)28-24(27-20)29-11-9-15(10-12-29)23(33)34-4-2/h5-8,15,17H,3-4,9-13H2,1-2H3,(H,25,31)(H2,26,27,28,30,32)/t17-/m1/s1. The Balaban J connectivity index is 1.52. The van der Waals surface area contributed by atoms with Gasteiger partial charge in [0.25, 0.3) is 5.56 Å². The Kier molecular flexibility index (Phi) is 6.95. The van der Waals surface area contributed by atoms with E-state index in [1.807, 2.05) is 24.0 Å². The second kappa shape index (κ2) is 10.1. The molecule has 2 aliphatic heterocycles. The number of carbonyl (C=O) groups excluding carboxylic acids is 3. The number of rotatable bonds is 6. The molecule has 3 N–H and O–H groups in total. The minimum absolute atomic E-state index is 0.101. The molecule has 10 nitrogen and oxygen atoms in total. The van der Waals surface area contributed by atoms with E-state index in [0.717, 1.165) is 12.0 Å². The highest BCUT2D eigenvalue weighted by Crippen LogP contribution is 2.31. The van der Waals surface area contributed by atoms with Crippen molar-refractivity contribution in [2.24, 2.45) is 5.92 Å². The lowest BCUT2D eigenvalue weighted by atomic mass is 9.92. The largest absolute Gasteiger partial charge is 0.466 e. The highest BCUT2D eigenvalue weighted by molar-refractivity contribution is 6.04. The van der Waals surface area contributed by atoms with Crippen LogP contribution in [-0.4, -0.2) is 47.4 Å². The van der Waals surface area contributed by atoms with Crippen LogP contribution in [0.15, 0.2) is 29.1 Å². The van der Waals surface area contributed by atoms with E-state index in [-0.39, 0.29) is 35.6 Å². The number of aryl methyl sites for hydroxylation is 1. The molecule has 180 valence electrons. The number of hydrogen-bond acceptors (Lipinski definition) is 7. The van der Waals surface area contributed by atoms with E-state index in [1.165, 1.54) is 0 Å². The second-order valence-corrected chi connectivity index (χ2v) is 8.51. The van der Waals surface area contributed by atoms with Gasteiger partial charge >= 0.3 is 5.97 Å². The van der Waals surface area contributed by atoms with Gasteiger partial charge < -0.3 is 20.3 Å². The van der Waals surface area contributed by atoms with Crippen molar-refractivity contribution < 1.29 is 19.1 Å². The Bertz CT molecular complexity index is 1140. The lowest BCUT2D eigenvalue weighted by molar-refractivity contribution is -0.148.